The van der Waals surface area contributed by atoms with Crippen LogP contribution in [0.5, 0.6) is 0 Å². The molecule has 1 atom stereocenters. The summed E-state index contributed by atoms with van der Waals surface area (Å²) in [4.78, 5) is 11.1. The number of carbonyl (C=O) groups excluding carboxylic acids is 1. The second-order valence-electron chi connectivity index (χ2n) is 2.43. The minimum Gasteiger partial charge on any atom is -0.452 e. The van der Waals surface area contributed by atoms with Gasteiger partial charge in [-0.15, -0.1) is 4.36 Å². The zero-order valence-electron chi connectivity index (χ0n) is 7.10. The normalized spacial score (nSPS) is 26.6. The van der Waals surface area contributed by atoms with Crippen molar-refractivity contribution in [3.63, 3.8) is 0 Å². The summed E-state index contributed by atoms with van der Waals surface area (Å²) in [7, 11) is -1.63. The zero-order chi connectivity index (χ0) is 9.90. The molecule has 0 spiro atoms. The lowest BCUT2D eigenvalue weighted by atomic mass is 10.5. The summed E-state index contributed by atoms with van der Waals surface area (Å²) in [6.07, 6.45) is 1.35. The van der Waals surface area contributed by atoms with E-state index < -0.39 is 16.0 Å². The Morgan fingerprint density at radius 2 is 2.46 bits per heavy atom. The molecule has 0 radical (unpaired) electrons. The Labute approximate surface area is 76.4 Å². The van der Waals surface area contributed by atoms with E-state index in [1.807, 2.05) is 0 Å². The average molecular weight is 203 g/mol. The number of carbonyl (C=O) groups is 1. The first-order valence-corrected chi connectivity index (χ1v) is 5.27. The van der Waals surface area contributed by atoms with Crippen molar-refractivity contribution < 1.29 is 13.7 Å². The molecule has 0 aromatic carbocycles. The number of ether oxygens (including phenoxy) is 1. The van der Waals surface area contributed by atoms with Gasteiger partial charge in [-0.2, -0.15) is 5.26 Å². The summed E-state index contributed by atoms with van der Waals surface area (Å²) < 4.78 is 20.4. The molecule has 72 valence electrons. The summed E-state index contributed by atoms with van der Waals surface area (Å²) in [6.45, 7) is 0.330. The molecule has 1 aliphatic heterocycles. The van der Waals surface area contributed by atoms with Crippen molar-refractivity contribution in [2.75, 3.05) is 19.4 Å². The Bertz CT molecular complexity index is 364. The van der Waals surface area contributed by atoms with Gasteiger partial charge in [0.1, 0.15) is 0 Å². The van der Waals surface area contributed by atoms with Gasteiger partial charge in [-0.3, -0.25) is 0 Å². The van der Waals surface area contributed by atoms with E-state index in [0.717, 1.165) is 4.31 Å². The first-order valence-electron chi connectivity index (χ1n) is 3.62. The largest absolute Gasteiger partial charge is 0.452 e. The van der Waals surface area contributed by atoms with Gasteiger partial charge >= 0.3 is 6.09 Å². The van der Waals surface area contributed by atoms with E-state index in [4.69, 9.17) is 5.26 Å². The molecule has 1 rings (SSSR count). The molecule has 13 heavy (non-hydrogen) atoms. The second-order valence-corrected chi connectivity index (χ2v) is 4.67. The van der Waals surface area contributed by atoms with Crippen LogP contribution in [0.4, 0.5) is 4.79 Å². The summed E-state index contributed by atoms with van der Waals surface area (Å²) >= 11 is 0. The van der Waals surface area contributed by atoms with Crippen molar-refractivity contribution in [3.05, 3.63) is 0 Å². The maximum Gasteiger partial charge on any atom is 0.422 e. The molecular formula is C6H9N3O3S. The first kappa shape index (κ1) is 9.80. The van der Waals surface area contributed by atoms with Gasteiger partial charge < -0.3 is 4.74 Å². The molecule has 6 nitrogen and oxygen atoms in total. The highest BCUT2D eigenvalue weighted by atomic mass is 32.2. The minimum atomic E-state index is -2.83. The van der Waals surface area contributed by atoms with Crippen molar-refractivity contribution >= 4 is 16.0 Å². The molecule has 1 saturated heterocycles. The smallest absolute Gasteiger partial charge is 0.422 e. The fraction of sp³-hybridized carbons (Fsp3) is 0.667. The molecule has 0 N–H and O–H groups in total. The number of hydrogen-bond donors (Lipinski definition) is 0. The number of amides is 1. The lowest BCUT2D eigenvalue weighted by Gasteiger charge is -2.14. The van der Waals surface area contributed by atoms with Gasteiger partial charge in [-0.1, -0.05) is 0 Å². The van der Waals surface area contributed by atoms with Crippen LogP contribution in [0.1, 0.15) is 6.42 Å². The van der Waals surface area contributed by atoms with Gasteiger partial charge in [0.2, 0.25) is 6.19 Å². The summed E-state index contributed by atoms with van der Waals surface area (Å²) in [5, 5.41) is 8.29. The van der Waals surface area contributed by atoms with Crippen LogP contribution < -0.4 is 0 Å². The summed E-state index contributed by atoms with van der Waals surface area (Å²) in [5.74, 6) is 0.246. The Morgan fingerprint density at radius 1 is 1.77 bits per heavy atom. The molecule has 1 unspecified atom stereocenters. The second kappa shape index (κ2) is 3.62. The predicted octanol–water partition coefficient (Wildman–Crippen LogP) is 0.323. The average Bonchev–Trinajstić information content (AvgIpc) is 2.47. The monoisotopic (exact) mass is 203 g/mol. The SMILES string of the molecule is COC(=O)N1CCCS1(=O)=NC#N. The maximum atomic E-state index is 11.8. The Balaban J connectivity index is 3.02. The van der Waals surface area contributed by atoms with Gasteiger partial charge in [0.05, 0.1) is 12.9 Å². The Kier molecular flexibility index (Phi) is 2.72. The number of rotatable bonds is 0. The number of nitrogens with zero attached hydrogens (tertiary/aromatic N) is 3. The van der Waals surface area contributed by atoms with Crippen LogP contribution in [0.25, 0.3) is 0 Å². The van der Waals surface area contributed by atoms with Gasteiger partial charge in [-0.25, -0.2) is 13.3 Å². The zero-order valence-corrected chi connectivity index (χ0v) is 7.91. The third-order valence-corrected chi connectivity index (χ3v) is 3.89. The molecule has 1 amide bonds. The Hall–Kier alpha value is -1.29. The van der Waals surface area contributed by atoms with Crippen LogP contribution in [0.15, 0.2) is 4.36 Å². The topological polar surface area (TPSA) is 82.8 Å². The van der Waals surface area contributed by atoms with Gasteiger partial charge in [0, 0.05) is 6.54 Å². The van der Waals surface area contributed by atoms with Crippen molar-refractivity contribution in [2.45, 2.75) is 6.42 Å². The third-order valence-electron chi connectivity index (χ3n) is 1.68. The standard InChI is InChI=1S/C6H9N3O3S/c1-12-6(10)9-3-2-4-13(9,11)8-5-7/h2-4H2,1H3. The van der Waals surface area contributed by atoms with E-state index in [1.54, 1.807) is 0 Å². The van der Waals surface area contributed by atoms with Gasteiger partial charge in [-0.05, 0) is 6.42 Å². The van der Waals surface area contributed by atoms with Crippen LogP contribution in [-0.2, 0) is 14.7 Å². The number of nitriles is 1. The highest BCUT2D eigenvalue weighted by Gasteiger charge is 2.31. The fourth-order valence-corrected chi connectivity index (χ4v) is 2.88. The molecule has 0 aromatic heterocycles. The molecule has 0 aliphatic carbocycles. The van der Waals surface area contributed by atoms with E-state index in [2.05, 4.69) is 9.10 Å². The number of methoxy groups -OCH3 is 1. The molecular weight excluding hydrogens is 194 g/mol. The quantitative estimate of drug-likeness (QED) is 0.531. The molecule has 7 heteroatoms. The molecule has 0 saturated carbocycles. The van der Waals surface area contributed by atoms with Gasteiger partial charge in [0.15, 0.2) is 9.92 Å². The van der Waals surface area contributed by atoms with Crippen LogP contribution in [0, 0.1) is 11.5 Å². The van der Waals surface area contributed by atoms with E-state index in [1.165, 1.54) is 13.3 Å². The van der Waals surface area contributed by atoms with Crippen LogP contribution in [0.3, 0.4) is 0 Å². The van der Waals surface area contributed by atoms with Gasteiger partial charge in [0.25, 0.3) is 0 Å². The van der Waals surface area contributed by atoms with Crippen molar-refractivity contribution in [1.29, 1.82) is 5.26 Å². The molecule has 1 fully saturated rings. The maximum absolute atomic E-state index is 11.8. The van der Waals surface area contributed by atoms with Crippen molar-refractivity contribution in [3.8, 4) is 6.19 Å². The van der Waals surface area contributed by atoms with Crippen LogP contribution >= 0.6 is 0 Å². The molecule has 0 aromatic rings. The lowest BCUT2D eigenvalue weighted by molar-refractivity contribution is 0.152. The highest BCUT2D eigenvalue weighted by Crippen LogP contribution is 2.17. The number of hydrogen-bond acceptors (Lipinski definition) is 5. The molecule has 0 bridgehead atoms. The predicted molar refractivity (Wildman–Crippen MR) is 44.8 cm³/mol. The van der Waals surface area contributed by atoms with Crippen LogP contribution in [-0.4, -0.2) is 34.0 Å². The minimum absolute atomic E-state index is 0.246. The van der Waals surface area contributed by atoms with E-state index in [9.17, 15) is 9.00 Å². The van der Waals surface area contributed by atoms with Crippen LogP contribution in [0.2, 0.25) is 0 Å². The molecule has 1 heterocycles. The highest BCUT2D eigenvalue weighted by molar-refractivity contribution is 7.92. The summed E-state index contributed by atoms with van der Waals surface area (Å²) in [6, 6.07) is 0. The van der Waals surface area contributed by atoms with Crippen molar-refractivity contribution in [1.82, 2.24) is 4.31 Å². The van der Waals surface area contributed by atoms with E-state index >= 15 is 0 Å². The summed E-state index contributed by atoms with van der Waals surface area (Å²) in [5.41, 5.74) is 0. The van der Waals surface area contributed by atoms with E-state index in [0.29, 0.717) is 13.0 Å². The fourth-order valence-electron chi connectivity index (χ4n) is 1.12. The third kappa shape index (κ3) is 1.72. The first-order chi connectivity index (χ1) is 6.14. The van der Waals surface area contributed by atoms with Crippen molar-refractivity contribution in [2.24, 2.45) is 4.36 Å². The lowest BCUT2D eigenvalue weighted by Crippen LogP contribution is -2.32. The molecule has 1 aliphatic rings. The van der Waals surface area contributed by atoms with E-state index in [-0.39, 0.29) is 5.75 Å². The Morgan fingerprint density at radius 3 is 3.00 bits per heavy atom.